The Balaban J connectivity index is 1.69. The van der Waals surface area contributed by atoms with Gasteiger partial charge in [0.1, 0.15) is 0 Å². The molecule has 27 heavy (non-hydrogen) atoms. The highest BCUT2D eigenvalue weighted by atomic mass is 32.1. The molecule has 0 spiro atoms. The molecule has 1 fully saturated rings. The van der Waals surface area contributed by atoms with E-state index in [1.165, 1.54) is 10.3 Å². The summed E-state index contributed by atoms with van der Waals surface area (Å²) in [7, 11) is 0. The molecule has 0 saturated carbocycles. The molecule has 4 rings (SSSR count). The van der Waals surface area contributed by atoms with E-state index < -0.39 is 5.41 Å². The maximum Gasteiger partial charge on any atom is 0.233 e. The number of carbonyl (C=O) groups is 1. The molecule has 3 nitrogen and oxygen atoms in total. The van der Waals surface area contributed by atoms with E-state index in [1.807, 2.05) is 41.3 Å². The lowest BCUT2D eigenvalue weighted by Crippen LogP contribution is -2.48. The van der Waals surface area contributed by atoms with E-state index in [-0.39, 0.29) is 5.91 Å². The molecular weight excluding hydrogens is 352 g/mol. The van der Waals surface area contributed by atoms with Gasteiger partial charge in [-0.25, -0.2) is 4.98 Å². The lowest BCUT2D eigenvalue weighted by Gasteiger charge is -2.37. The third kappa shape index (κ3) is 3.54. The number of carbonyl (C=O) groups excluding carboxylic acids is 1. The van der Waals surface area contributed by atoms with Crippen molar-refractivity contribution in [2.45, 2.75) is 31.6 Å². The van der Waals surface area contributed by atoms with Crippen molar-refractivity contribution < 1.29 is 4.79 Å². The van der Waals surface area contributed by atoms with Crippen LogP contribution >= 0.6 is 11.3 Å². The molecule has 1 atom stereocenters. The number of hydrogen-bond acceptors (Lipinski definition) is 3. The maximum absolute atomic E-state index is 13.6. The summed E-state index contributed by atoms with van der Waals surface area (Å²) in [5.74, 6) is 0.195. The summed E-state index contributed by atoms with van der Waals surface area (Å²) in [6.45, 7) is 7.67. The van der Waals surface area contributed by atoms with Crippen LogP contribution in [-0.2, 0) is 16.6 Å². The molecule has 1 unspecified atom stereocenters. The lowest BCUT2D eigenvalue weighted by molar-refractivity contribution is -0.137. The molecule has 2 aromatic carbocycles. The van der Waals surface area contributed by atoms with Gasteiger partial charge in [-0.15, -0.1) is 11.3 Å². The Kier molecular flexibility index (Phi) is 4.83. The second kappa shape index (κ2) is 7.28. The fraction of sp³-hybridized carbons (Fsp3) is 0.304. The van der Waals surface area contributed by atoms with Crippen LogP contribution in [0.1, 0.15) is 30.3 Å². The monoisotopic (exact) mass is 376 g/mol. The summed E-state index contributed by atoms with van der Waals surface area (Å²) in [6.07, 6.45) is 2.42. The summed E-state index contributed by atoms with van der Waals surface area (Å²) < 4.78 is 1.17. The van der Waals surface area contributed by atoms with E-state index in [0.29, 0.717) is 6.42 Å². The van der Waals surface area contributed by atoms with E-state index >= 15 is 0 Å². The Bertz CT molecular complexity index is 935. The quantitative estimate of drug-likeness (QED) is 0.602. The van der Waals surface area contributed by atoms with Crippen LogP contribution in [0.3, 0.4) is 0 Å². The molecule has 1 saturated heterocycles. The molecule has 4 heteroatoms. The van der Waals surface area contributed by atoms with Gasteiger partial charge in [-0.3, -0.25) is 4.79 Å². The zero-order chi connectivity index (χ0) is 18.9. The number of nitrogens with zero attached hydrogens (tertiary/aromatic N) is 2. The fourth-order valence-corrected chi connectivity index (χ4v) is 4.90. The molecule has 0 N–H and O–H groups in total. The number of rotatable bonds is 4. The van der Waals surface area contributed by atoms with Gasteiger partial charge in [-0.1, -0.05) is 54.6 Å². The molecule has 0 aliphatic carbocycles. The highest BCUT2D eigenvalue weighted by Gasteiger charge is 2.39. The Hall–Kier alpha value is -2.46. The predicted octanol–water partition coefficient (Wildman–Crippen LogP) is 4.98. The smallest absolute Gasteiger partial charge is 0.233 e. The topological polar surface area (TPSA) is 33.2 Å². The number of para-hydroxylation sites is 1. The third-order valence-electron chi connectivity index (χ3n) is 5.48. The third-order valence-corrected chi connectivity index (χ3v) is 6.52. The highest BCUT2D eigenvalue weighted by molar-refractivity contribution is 7.18. The van der Waals surface area contributed by atoms with E-state index in [2.05, 4.69) is 31.7 Å². The first kappa shape index (κ1) is 17.9. The van der Waals surface area contributed by atoms with Crippen LogP contribution in [0.15, 0.2) is 66.7 Å². The highest BCUT2D eigenvalue weighted by Crippen LogP contribution is 2.34. The molecule has 3 aromatic rings. The van der Waals surface area contributed by atoms with Gasteiger partial charge in [-0.2, -0.15) is 0 Å². The van der Waals surface area contributed by atoms with Crippen molar-refractivity contribution >= 4 is 27.5 Å². The molecule has 0 radical (unpaired) electrons. The standard InChI is InChI=1S/C23H24N2OS/c1-17-12-14-25(15-13-17)22(26)23(2,18-8-4-3-5-9-18)16-21-24-19-10-6-7-11-20(19)27-21/h3-11H,1,12-16H2,2H3. The second-order valence-electron chi connectivity index (χ2n) is 7.49. The summed E-state index contributed by atoms with van der Waals surface area (Å²) in [5, 5.41) is 1.01. The number of hydrogen-bond donors (Lipinski definition) is 0. The van der Waals surface area contributed by atoms with Gasteiger partial charge >= 0.3 is 0 Å². The summed E-state index contributed by atoms with van der Waals surface area (Å²) in [4.78, 5) is 20.4. The molecule has 138 valence electrons. The Morgan fingerprint density at radius 1 is 1.11 bits per heavy atom. The van der Waals surface area contributed by atoms with E-state index in [1.54, 1.807) is 11.3 Å². The first-order valence-corrected chi connectivity index (χ1v) is 10.2. The average Bonchev–Trinajstić information content (AvgIpc) is 3.10. The van der Waals surface area contributed by atoms with Crippen LogP contribution in [0.4, 0.5) is 0 Å². The van der Waals surface area contributed by atoms with Gasteiger partial charge in [0.15, 0.2) is 0 Å². The van der Waals surface area contributed by atoms with Crippen molar-refractivity contribution in [1.29, 1.82) is 0 Å². The second-order valence-corrected chi connectivity index (χ2v) is 8.61. The minimum absolute atomic E-state index is 0.195. The molecule has 1 aromatic heterocycles. The minimum atomic E-state index is -0.617. The number of amides is 1. The number of fused-ring (bicyclic) bond motifs is 1. The first-order chi connectivity index (χ1) is 13.1. The molecule has 0 bridgehead atoms. The lowest BCUT2D eigenvalue weighted by atomic mass is 9.78. The number of benzene rings is 2. The molecular formula is C23H24N2OS. The SMILES string of the molecule is C=C1CCN(C(=O)C(C)(Cc2nc3ccccc3s2)c2ccccc2)CC1. The molecule has 1 aliphatic heterocycles. The minimum Gasteiger partial charge on any atom is -0.341 e. The molecule has 2 heterocycles. The van der Waals surface area contributed by atoms with E-state index in [4.69, 9.17) is 4.98 Å². The van der Waals surface area contributed by atoms with Gasteiger partial charge in [0.2, 0.25) is 5.91 Å². The zero-order valence-electron chi connectivity index (χ0n) is 15.6. The van der Waals surface area contributed by atoms with Crippen molar-refractivity contribution in [1.82, 2.24) is 9.88 Å². The van der Waals surface area contributed by atoms with Crippen molar-refractivity contribution in [3.63, 3.8) is 0 Å². The van der Waals surface area contributed by atoms with Crippen LogP contribution in [-0.4, -0.2) is 28.9 Å². The average molecular weight is 377 g/mol. The van der Waals surface area contributed by atoms with Crippen LogP contribution < -0.4 is 0 Å². The molecule has 1 aliphatic rings. The number of thiazole rings is 1. The Morgan fingerprint density at radius 2 is 1.78 bits per heavy atom. The van der Waals surface area contributed by atoms with Crippen molar-refractivity contribution in [3.05, 3.63) is 77.3 Å². The number of likely N-dealkylation sites (tertiary alicyclic amines) is 1. The van der Waals surface area contributed by atoms with Gasteiger partial charge in [0.05, 0.1) is 20.6 Å². The van der Waals surface area contributed by atoms with Gasteiger partial charge in [-0.05, 0) is 37.5 Å². The van der Waals surface area contributed by atoms with Crippen LogP contribution in [0.2, 0.25) is 0 Å². The number of piperidine rings is 1. The van der Waals surface area contributed by atoms with Crippen molar-refractivity contribution in [2.24, 2.45) is 0 Å². The summed E-state index contributed by atoms with van der Waals surface area (Å²) >= 11 is 1.69. The van der Waals surface area contributed by atoms with Crippen molar-refractivity contribution in [3.8, 4) is 0 Å². The first-order valence-electron chi connectivity index (χ1n) is 9.42. The normalized spacial score (nSPS) is 17.1. The van der Waals surface area contributed by atoms with Crippen molar-refractivity contribution in [2.75, 3.05) is 13.1 Å². The predicted molar refractivity (Wildman–Crippen MR) is 112 cm³/mol. The van der Waals surface area contributed by atoms with Gasteiger partial charge in [0, 0.05) is 19.5 Å². The maximum atomic E-state index is 13.6. The fourth-order valence-electron chi connectivity index (χ4n) is 3.78. The largest absolute Gasteiger partial charge is 0.341 e. The van der Waals surface area contributed by atoms with Crippen LogP contribution in [0.25, 0.3) is 10.2 Å². The summed E-state index contributed by atoms with van der Waals surface area (Å²) in [5.41, 5.74) is 2.69. The van der Waals surface area contributed by atoms with Crippen LogP contribution in [0, 0.1) is 0 Å². The Morgan fingerprint density at radius 3 is 2.48 bits per heavy atom. The van der Waals surface area contributed by atoms with E-state index in [9.17, 15) is 4.79 Å². The zero-order valence-corrected chi connectivity index (χ0v) is 16.5. The van der Waals surface area contributed by atoms with Gasteiger partial charge < -0.3 is 4.90 Å². The summed E-state index contributed by atoms with van der Waals surface area (Å²) in [6, 6.07) is 18.3. The van der Waals surface area contributed by atoms with E-state index in [0.717, 1.165) is 42.0 Å². The molecule has 1 amide bonds. The van der Waals surface area contributed by atoms with Gasteiger partial charge in [0.25, 0.3) is 0 Å². The Labute approximate surface area is 164 Å². The number of aromatic nitrogens is 1. The van der Waals surface area contributed by atoms with Crippen LogP contribution in [0.5, 0.6) is 0 Å².